The Morgan fingerprint density at radius 1 is 1.08 bits per heavy atom. The summed E-state index contributed by atoms with van der Waals surface area (Å²) in [7, 11) is 0. The lowest BCUT2D eigenvalue weighted by atomic mass is 10.2. The van der Waals surface area contributed by atoms with Crippen LogP contribution in [0.25, 0.3) is 5.69 Å². The number of carbonyl (C=O) groups excluding carboxylic acids is 1. The summed E-state index contributed by atoms with van der Waals surface area (Å²) < 4.78 is 38.8. The fraction of sp³-hybridized carbons (Fsp3) is 0.0625. The zero-order valence-corrected chi connectivity index (χ0v) is 12.5. The van der Waals surface area contributed by atoms with Crippen molar-refractivity contribution in [3.63, 3.8) is 0 Å². The number of nitrogens with one attached hydrogen (secondary N) is 2. The molecule has 3 rings (SSSR count). The molecule has 2 heterocycles. The van der Waals surface area contributed by atoms with Gasteiger partial charge in [0.1, 0.15) is 0 Å². The minimum Gasteiger partial charge on any atom is -0.328 e. The fourth-order valence-corrected chi connectivity index (χ4v) is 2.07. The third kappa shape index (κ3) is 3.77. The highest BCUT2D eigenvalue weighted by Gasteiger charge is 2.33. The van der Waals surface area contributed by atoms with Gasteiger partial charge < -0.3 is 10.3 Å². The molecule has 0 aliphatic heterocycles. The molecule has 0 fully saturated rings. The van der Waals surface area contributed by atoms with Gasteiger partial charge in [0.05, 0.1) is 11.3 Å². The van der Waals surface area contributed by atoms with Crippen LogP contribution in [0, 0.1) is 0 Å². The van der Waals surface area contributed by atoms with Gasteiger partial charge in [-0.15, -0.1) is 0 Å². The van der Waals surface area contributed by atoms with Crippen LogP contribution in [0.3, 0.4) is 0 Å². The second-order valence-corrected chi connectivity index (χ2v) is 5.09. The van der Waals surface area contributed by atoms with Gasteiger partial charge >= 0.3 is 6.18 Å². The smallest absolute Gasteiger partial charge is 0.328 e. The van der Waals surface area contributed by atoms with Crippen molar-refractivity contribution in [1.29, 1.82) is 0 Å². The SMILES string of the molecule is O=C(Nc1ccc(-n2ccc(C(F)(F)F)n2)cc1)c1ccc(=O)[nH]c1. The highest BCUT2D eigenvalue weighted by molar-refractivity contribution is 6.04. The van der Waals surface area contributed by atoms with E-state index < -0.39 is 17.8 Å². The standard InChI is InChI=1S/C16H11F3N4O2/c17-16(18,19)13-7-8-23(22-13)12-4-2-11(3-5-12)21-15(25)10-1-6-14(24)20-9-10/h1-9H,(H,20,24)(H,21,25). The van der Waals surface area contributed by atoms with Crippen molar-refractivity contribution >= 4 is 11.6 Å². The average molecular weight is 348 g/mol. The molecule has 0 unspecified atom stereocenters. The van der Waals surface area contributed by atoms with Gasteiger partial charge in [0.2, 0.25) is 5.56 Å². The van der Waals surface area contributed by atoms with Gasteiger partial charge in [0.25, 0.3) is 5.91 Å². The van der Waals surface area contributed by atoms with Crippen LogP contribution < -0.4 is 10.9 Å². The van der Waals surface area contributed by atoms with Crippen molar-refractivity contribution in [2.75, 3.05) is 5.32 Å². The second kappa shape index (κ2) is 6.27. The summed E-state index contributed by atoms with van der Waals surface area (Å²) in [4.78, 5) is 25.4. The predicted molar refractivity (Wildman–Crippen MR) is 83.6 cm³/mol. The number of hydrogen-bond acceptors (Lipinski definition) is 3. The van der Waals surface area contributed by atoms with Crippen LogP contribution in [0.2, 0.25) is 0 Å². The zero-order valence-electron chi connectivity index (χ0n) is 12.5. The molecule has 0 spiro atoms. The van der Waals surface area contributed by atoms with Gasteiger partial charge in [-0.3, -0.25) is 9.59 Å². The number of alkyl halides is 3. The Balaban J connectivity index is 1.74. The monoisotopic (exact) mass is 348 g/mol. The molecule has 0 bridgehead atoms. The van der Waals surface area contributed by atoms with E-state index in [4.69, 9.17) is 0 Å². The second-order valence-electron chi connectivity index (χ2n) is 5.09. The van der Waals surface area contributed by atoms with Gasteiger partial charge in [0.15, 0.2) is 5.69 Å². The molecule has 128 valence electrons. The number of anilines is 1. The van der Waals surface area contributed by atoms with Crippen molar-refractivity contribution in [1.82, 2.24) is 14.8 Å². The van der Waals surface area contributed by atoms with Crippen molar-refractivity contribution in [2.24, 2.45) is 0 Å². The number of H-pyrrole nitrogens is 1. The Kier molecular flexibility index (Phi) is 4.14. The minimum atomic E-state index is -4.50. The molecule has 0 aliphatic rings. The number of halogens is 3. The summed E-state index contributed by atoms with van der Waals surface area (Å²) in [5.41, 5.74) is -0.174. The number of aromatic amines is 1. The molecule has 1 aromatic carbocycles. The first-order chi connectivity index (χ1) is 11.8. The molecule has 0 atom stereocenters. The van der Waals surface area contributed by atoms with Crippen molar-refractivity contribution in [2.45, 2.75) is 6.18 Å². The number of benzene rings is 1. The molecule has 0 saturated carbocycles. The Hall–Kier alpha value is -3.36. The molecule has 0 radical (unpaired) electrons. The first kappa shape index (κ1) is 16.5. The summed E-state index contributed by atoms with van der Waals surface area (Å²) in [6, 6.07) is 9.61. The molecule has 2 aromatic heterocycles. The van der Waals surface area contributed by atoms with Crippen LogP contribution in [0.15, 0.2) is 59.7 Å². The van der Waals surface area contributed by atoms with Crippen LogP contribution in [0.1, 0.15) is 16.1 Å². The Morgan fingerprint density at radius 2 is 1.80 bits per heavy atom. The molecule has 2 N–H and O–H groups in total. The largest absolute Gasteiger partial charge is 0.435 e. The first-order valence-corrected chi connectivity index (χ1v) is 7.06. The number of pyridine rings is 1. The zero-order chi connectivity index (χ0) is 18.0. The van der Waals surface area contributed by atoms with E-state index in [0.717, 1.165) is 10.7 Å². The third-order valence-corrected chi connectivity index (χ3v) is 3.32. The van der Waals surface area contributed by atoms with Crippen molar-refractivity contribution < 1.29 is 18.0 Å². The van der Waals surface area contributed by atoms with Gasteiger partial charge in [-0.1, -0.05) is 0 Å². The Labute approximate surface area is 138 Å². The molecular weight excluding hydrogens is 337 g/mol. The fourth-order valence-electron chi connectivity index (χ4n) is 2.07. The minimum absolute atomic E-state index is 0.269. The van der Waals surface area contributed by atoms with Crippen molar-refractivity contribution in [3.05, 3.63) is 76.5 Å². The lowest BCUT2D eigenvalue weighted by molar-refractivity contribution is -0.141. The number of carbonyl (C=O) groups is 1. The molecule has 0 saturated heterocycles. The number of nitrogens with zero attached hydrogens (tertiary/aromatic N) is 2. The summed E-state index contributed by atoms with van der Waals surface area (Å²) in [6.07, 6.45) is -2.01. The van der Waals surface area contributed by atoms with Crippen LogP contribution in [-0.2, 0) is 6.18 Å². The summed E-state index contributed by atoms with van der Waals surface area (Å²) >= 11 is 0. The number of rotatable bonds is 3. The van der Waals surface area contributed by atoms with Crippen molar-refractivity contribution in [3.8, 4) is 5.69 Å². The highest BCUT2D eigenvalue weighted by Crippen LogP contribution is 2.28. The summed E-state index contributed by atoms with van der Waals surface area (Å²) in [5, 5.41) is 6.08. The van der Waals surface area contributed by atoms with Crippen LogP contribution >= 0.6 is 0 Å². The van der Waals surface area contributed by atoms with E-state index in [9.17, 15) is 22.8 Å². The maximum atomic E-state index is 12.6. The van der Waals surface area contributed by atoms with E-state index in [1.54, 1.807) is 0 Å². The van der Waals surface area contributed by atoms with Gasteiger partial charge in [0, 0.05) is 24.1 Å². The van der Waals surface area contributed by atoms with Crippen LogP contribution in [-0.4, -0.2) is 20.7 Å². The van der Waals surface area contributed by atoms with E-state index in [-0.39, 0.29) is 11.1 Å². The van der Waals surface area contributed by atoms with E-state index >= 15 is 0 Å². The number of aromatic nitrogens is 3. The van der Waals surface area contributed by atoms with E-state index in [2.05, 4.69) is 15.4 Å². The van der Waals surface area contributed by atoms with Crippen LogP contribution in [0.5, 0.6) is 0 Å². The number of amides is 1. The van der Waals surface area contributed by atoms with E-state index in [1.165, 1.54) is 48.8 Å². The normalized spacial score (nSPS) is 11.3. The van der Waals surface area contributed by atoms with Gasteiger partial charge in [-0.2, -0.15) is 18.3 Å². The maximum Gasteiger partial charge on any atom is 0.435 e. The third-order valence-electron chi connectivity index (χ3n) is 3.32. The molecule has 25 heavy (non-hydrogen) atoms. The average Bonchev–Trinajstić information content (AvgIpc) is 3.06. The Bertz CT molecular complexity index is 938. The topological polar surface area (TPSA) is 79.8 Å². The molecule has 0 aliphatic carbocycles. The summed E-state index contributed by atoms with van der Waals surface area (Å²) in [6.45, 7) is 0. The molecule has 6 nitrogen and oxygen atoms in total. The molecule has 3 aromatic rings. The molecule has 9 heteroatoms. The van der Waals surface area contributed by atoms with E-state index in [0.29, 0.717) is 11.4 Å². The summed E-state index contributed by atoms with van der Waals surface area (Å²) in [5.74, 6) is -0.428. The molecular formula is C16H11F3N4O2. The van der Waals surface area contributed by atoms with Crippen LogP contribution in [0.4, 0.5) is 18.9 Å². The van der Waals surface area contributed by atoms with Gasteiger partial charge in [-0.05, 0) is 36.4 Å². The predicted octanol–water partition coefficient (Wildman–Crippen LogP) is 2.83. The maximum absolute atomic E-state index is 12.6. The van der Waals surface area contributed by atoms with Gasteiger partial charge in [-0.25, -0.2) is 4.68 Å². The molecule has 1 amide bonds. The quantitative estimate of drug-likeness (QED) is 0.764. The number of hydrogen-bond donors (Lipinski definition) is 2. The van der Waals surface area contributed by atoms with E-state index in [1.807, 2.05) is 0 Å². The first-order valence-electron chi connectivity index (χ1n) is 7.06. The highest BCUT2D eigenvalue weighted by atomic mass is 19.4. The lowest BCUT2D eigenvalue weighted by Gasteiger charge is -2.07. The lowest BCUT2D eigenvalue weighted by Crippen LogP contribution is -2.14. The Morgan fingerprint density at radius 3 is 2.36 bits per heavy atom.